The van der Waals surface area contributed by atoms with Gasteiger partial charge in [-0.05, 0) is 37.0 Å². The fourth-order valence-electron chi connectivity index (χ4n) is 3.49. The highest BCUT2D eigenvalue weighted by molar-refractivity contribution is 5.80. The lowest BCUT2D eigenvalue weighted by Crippen LogP contribution is -2.44. The summed E-state index contributed by atoms with van der Waals surface area (Å²) in [5.41, 5.74) is 10.1. The summed E-state index contributed by atoms with van der Waals surface area (Å²) < 4.78 is 25.3. The molecule has 156 valence electrons. The van der Waals surface area contributed by atoms with Gasteiger partial charge in [-0.25, -0.2) is 4.39 Å². The Kier molecular flexibility index (Phi) is 6.09. The molecule has 2 heterocycles. The van der Waals surface area contributed by atoms with Crippen molar-refractivity contribution in [3.05, 3.63) is 71.2 Å². The normalized spacial score (nSPS) is 14.9. The minimum atomic E-state index is -0.223. The average Bonchev–Trinajstić information content (AvgIpc) is 3.12. The van der Waals surface area contributed by atoms with Gasteiger partial charge in [-0.2, -0.15) is 4.99 Å². The molecule has 0 atom stereocenters. The molecule has 0 bridgehead atoms. The SMILES string of the molecule is Cc1c(CCc2ccc(-c3ccccc3)c(F)c2)noc1N=C(N)N1CCOCC1. The molecule has 1 saturated heterocycles. The lowest BCUT2D eigenvalue weighted by atomic mass is 10.0. The Morgan fingerprint density at radius 3 is 2.63 bits per heavy atom. The maximum atomic E-state index is 14.6. The van der Waals surface area contributed by atoms with E-state index in [0.717, 1.165) is 22.4 Å². The molecule has 2 aromatic carbocycles. The van der Waals surface area contributed by atoms with Gasteiger partial charge in [0.05, 0.1) is 18.9 Å². The molecule has 1 aromatic heterocycles. The maximum Gasteiger partial charge on any atom is 0.256 e. The van der Waals surface area contributed by atoms with Crippen molar-refractivity contribution in [2.24, 2.45) is 10.7 Å². The minimum absolute atomic E-state index is 0.223. The number of hydrogen-bond donors (Lipinski definition) is 1. The number of morpholine rings is 1. The van der Waals surface area contributed by atoms with Crippen molar-refractivity contribution >= 4 is 11.8 Å². The summed E-state index contributed by atoms with van der Waals surface area (Å²) in [5.74, 6) is 0.599. The minimum Gasteiger partial charge on any atom is -0.378 e. The molecule has 1 aliphatic rings. The van der Waals surface area contributed by atoms with Gasteiger partial charge >= 0.3 is 0 Å². The number of nitrogens with two attached hydrogens (primary N) is 1. The first kappa shape index (κ1) is 20.1. The van der Waals surface area contributed by atoms with E-state index in [-0.39, 0.29) is 5.82 Å². The van der Waals surface area contributed by atoms with Crippen LogP contribution in [0.5, 0.6) is 0 Å². The van der Waals surface area contributed by atoms with E-state index in [4.69, 9.17) is 15.0 Å². The van der Waals surface area contributed by atoms with E-state index in [0.29, 0.717) is 56.6 Å². The highest BCUT2D eigenvalue weighted by atomic mass is 19.1. The zero-order valence-corrected chi connectivity index (χ0v) is 17.0. The van der Waals surface area contributed by atoms with Crippen molar-refractivity contribution in [1.82, 2.24) is 10.1 Å². The second-order valence-electron chi connectivity index (χ2n) is 7.31. The zero-order valence-electron chi connectivity index (χ0n) is 17.0. The first-order chi connectivity index (χ1) is 14.6. The monoisotopic (exact) mass is 408 g/mol. The third kappa shape index (κ3) is 4.52. The van der Waals surface area contributed by atoms with Crippen molar-refractivity contribution in [3.8, 4) is 11.1 Å². The van der Waals surface area contributed by atoms with E-state index in [2.05, 4.69) is 10.1 Å². The number of benzene rings is 2. The lowest BCUT2D eigenvalue weighted by molar-refractivity contribution is 0.0675. The summed E-state index contributed by atoms with van der Waals surface area (Å²) in [7, 11) is 0. The molecule has 0 amide bonds. The number of aryl methyl sites for hydroxylation is 2. The molecule has 2 N–H and O–H groups in total. The number of ether oxygens (including phenoxy) is 1. The highest BCUT2D eigenvalue weighted by Crippen LogP contribution is 2.26. The second-order valence-corrected chi connectivity index (χ2v) is 7.31. The highest BCUT2D eigenvalue weighted by Gasteiger charge is 2.16. The summed E-state index contributed by atoms with van der Waals surface area (Å²) in [6.45, 7) is 4.60. The van der Waals surface area contributed by atoms with Crippen molar-refractivity contribution in [2.75, 3.05) is 26.3 Å². The fourth-order valence-corrected chi connectivity index (χ4v) is 3.49. The molecule has 0 radical (unpaired) electrons. The molecule has 1 fully saturated rings. The fraction of sp³-hybridized carbons (Fsp3) is 0.304. The molecule has 0 spiro atoms. The standard InChI is InChI=1S/C23H25FN4O2/c1-16-21(27-30-22(16)26-23(25)28-11-13-29-14-12-28)10-8-17-7-9-19(20(24)15-17)18-5-3-2-4-6-18/h2-7,9,15H,8,10-14H2,1H3,(H2,25,26). The van der Waals surface area contributed by atoms with E-state index >= 15 is 0 Å². The van der Waals surface area contributed by atoms with Crippen LogP contribution in [-0.2, 0) is 17.6 Å². The van der Waals surface area contributed by atoms with Crippen LogP contribution >= 0.6 is 0 Å². The summed E-state index contributed by atoms with van der Waals surface area (Å²) in [4.78, 5) is 6.35. The molecule has 6 nitrogen and oxygen atoms in total. The molecular weight excluding hydrogens is 383 g/mol. The number of guanidine groups is 1. The predicted octanol–water partition coefficient (Wildman–Crippen LogP) is 3.85. The van der Waals surface area contributed by atoms with Gasteiger partial charge in [0.1, 0.15) is 5.82 Å². The quantitative estimate of drug-likeness (QED) is 0.513. The first-order valence-electron chi connectivity index (χ1n) is 10.1. The number of aliphatic imine (C=N–C) groups is 1. The Morgan fingerprint density at radius 1 is 1.13 bits per heavy atom. The molecular formula is C23H25FN4O2. The van der Waals surface area contributed by atoms with Crippen LogP contribution in [0.3, 0.4) is 0 Å². The van der Waals surface area contributed by atoms with Crippen LogP contribution in [-0.4, -0.2) is 42.3 Å². The van der Waals surface area contributed by atoms with Gasteiger partial charge in [-0.15, -0.1) is 0 Å². The average molecular weight is 408 g/mol. The van der Waals surface area contributed by atoms with Crippen LogP contribution in [0, 0.1) is 12.7 Å². The largest absolute Gasteiger partial charge is 0.378 e. The number of aromatic nitrogens is 1. The number of hydrogen-bond acceptors (Lipinski definition) is 4. The van der Waals surface area contributed by atoms with Gasteiger partial charge in [0, 0.05) is 24.2 Å². The van der Waals surface area contributed by atoms with Crippen LogP contribution in [0.15, 0.2) is 58.0 Å². The van der Waals surface area contributed by atoms with E-state index in [1.165, 1.54) is 0 Å². The van der Waals surface area contributed by atoms with E-state index in [1.54, 1.807) is 6.07 Å². The second kappa shape index (κ2) is 9.09. The molecule has 30 heavy (non-hydrogen) atoms. The van der Waals surface area contributed by atoms with Crippen molar-refractivity contribution in [3.63, 3.8) is 0 Å². The number of rotatable bonds is 5. The van der Waals surface area contributed by atoms with Crippen LogP contribution in [0.1, 0.15) is 16.8 Å². The summed E-state index contributed by atoms with van der Waals surface area (Å²) in [6.07, 6.45) is 1.29. The Bertz CT molecular complexity index is 1030. The van der Waals surface area contributed by atoms with Gasteiger partial charge in [0.2, 0.25) is 0 Å². The lowest BCUT2D eigenvalue weighted by Gasteiger charge is -2.27. The van der Waals surface area contributed by atoms with E-state index < -0.39 is 0 Å². The molecule has 0 unspecified atom stereocenters. The first-order valence-corrected chi connectivity index (χ1v) is 10.1. The summed E-state index contributed by atoms with van der Waals surface area (Å²) in [6, 6.07) is 14.9. The Morgan fingerprint density at radius 2 is 1.90 bits per heavy atom. The maximum absolute atomic E-state index is 14.6. The van der Waals surface area contributed by atoms with E-state index in [1.807, 2.05) is 54.3 Å². The predicted molar refractivity (Wildman–Crippen MR) is 114 cm³/mol. The molecule has 7 heteroatoms. The van der Waals surface area contributed by atoms with Gasteiger partial charge < -0.3 is 19.9 Å². The number of halogens is 1. The van der Waals surface area contributed by atoms with Crippen LogP contribution < -0.4 is 5.73 Å². The molecule has 4 rings (SSSR count). The van der Waals surface area contributed by atoms with Gasteiger partial charge in [0.15, 0.2) is 5.96 Å². The van der Waals surface area contributed by atoms with E-state index in [9.17, 15) is 4.39 Å². The third-order valence-electron chi connectivity index (χ3n) is 5.32. The third-order valence-corrected chi connectivity index (χ3v) is 5.32. The van der Waals surface area contributed by atoms with Gasteiger partial charge in [-0.1, -0.05) is 47.6 Å². The van der Waals surface area contributed by atoms with Gasteiger partial charge in [-0.3, -0.25) is 0 Å². The molecule has 0 saturated carbocycles. The van der Waals surface area contributed by atoms with Crippen molar-refractivity contribution in [1.29, 1.82) is 0 Å². The number of nitrogens with zero attached hydrogens (tertiary/aromatic N) is 3. The Labute approximate surface area is 175 Å². The zero-order chi connectivity index (χ0) is 20.9. The van der Waals surface area contributed by atoms with Crippen molar-refractivity contribution in [2.45, 2.75) is 19.8 Å². The summed E-state index contributed by atoms with van der Waals surface area (Å²) in [5, 5.41) is 4.14. The smallest absolute Gasteiger partial charge is 0.256 e. The molecule has 0 aliphatic carbocycles. The summed E-state index contributed by atoms with van der Waals surface area (Å²) >= 11 is 0. The van der Waals surface area contributed by atoms with Crippen LogP contribution in [0.2, 0.25) is 0 Å². The topological polar surface area (TPSA) is 76.9 Å². The Balaban J connectivity index is 1.43. The molecule has 3 aromatic rings. The van der Waals surface area contributed by atoms with Crippen LogP contribution in [0.25, 0.3) is 11.1 Å². The van der Waals surface area contributed by atoms with Gasteiger partial charge in [0.25, 0.3) is 5.88 Å². The Hall–Kier alpha value is -3.19. The molecule has 1 aliphatic heterocycles. The van der Waals surface area contributed by atoms with Crippen LogP contribution in [0.4, 0.5) is 10.3 Å². The van der Waals surface area contributed by atoms with Crippen molar-refractivity contribution < 1.29 is 13.7 Å².